The third kappa shape index (κ3) is 5.09. The van der Waals surface area contributed by atoms with E-state index < -0.39 is 12.7 Å². The van der Waals surface area contributed by atoms with Crippen LogP contribution in [0.5, 0.6) is 0 Å². The molecule has 8 heteroatoms. The molecule has 1 aromatic rings. The number of nitrogens with one attached hydrogen (secondary N) is 1. The van der Waals surface area contributed by atoms with Crippen molar-refractivity contribution in [2.45, 2.75) is 38.4 Å². The number of nitrogens with zero attached hydrogens (tertiary/aromatic N) is 3. The first-order valence-electron chi connectivity index (χ1n) is 6.74. The monoisotopic (exact) mass is 292 g/mol. The molecule has 0 amide bonds. The fourth-order valence-electron chi connectivity index (χ4n) is 2.38. The number of piperidine rings is 1. The van der Waals surface area contributed by atoms with Gasteiger partial charge in [0.05, 0.1) is 6.54 Å². The van der Waals surface area contributed by atoms with E-state index in [4.69, 9.17) is 4.52 Å². The smallest absolute Gasteiger partial charge is 0.340 e. The molecule has 1 aliphatic rings. The summed E-state index contributed by atoms with van der Waals surface area (Å²) in [5.41, 5.74) is 0. The van der Waals surface area contributed by atoms with Gasteiger partial charge in [-0.1, -0.05) is 5.16 Å². The van der Waals surface area contributed by atoms with E-state index in [0.717, 1.165) is 12.8 Å². The zero-order chi connectivity index (χ0) is 14.6. The van der Waals surface area contributed by atoms with Gasteiger partial charge >= 0.3 is 6.18 Å². The Bertz CT molecular complexity index is 413. The Kier molecular flexibility index (Phi) is 4.98. The van der Waals surface area contributed by atoms with Crippen molar-refractivity contribution in [1.29, 1.82) is 0 Å². The molecule has 1 N–H and O–H groups in total. The van der Waals surface area contributed by atoms with Crippen molar-refractivity contribution >= 4 is 0 Å². The largest absolute Gasteiger partial charge is 0.401 e. The zero-order valence-corrected chi connectivity index (χ0v) is 11.4. The van der Waals surface area contributed by atoms with E-state index in [2.05, 4.69) is 15.5 Å². The Hall–Kier alpha value is -1.15. The van der Waals surface area contributed by atoms with Gasteiger partial charge in [-0.25, -0.2) is 0 Å². The molecule has 1 aromatic heterocycles. The van der Waals surface area contributed by atoms with E-state index in [-0.39, 0.29) is 6.04 Å². The predicted octanol–water partition coefficient (Wildman–Crippen LogP) is 1.54. The van der Waals surface area contributed by atoms with Crippen molar-refractivity contribution in [3.8, 4) is 0 Å². The van der Waals surface area contributed by atoms with Gasteiger partial charge in [-0.15, -0.1) is 0 Å². The summed E-state index contributed by atoms with van der Waals surface area (Å²) in [6.45, 7) is 2.61. The van der Waals surface area contributed by atoms with Gasteiger partial charge in [0.25, 0.3) is 0 Å². The van der Waals surface area contributed by atoms with Crippen molar-refractivity contribution in [3.63, 3.8) is 0 Å². The molecule has 114 valence electrons. The van der Waals surface area contributed by atoms with Crippen molar-refractivity contribution in [1.82, 2.24) is 20.4 Å². The lowest BCUT2D eigenvalue weighted by Gasteiger charge is -2.32. The molecule has 0 unspecified atom stereocenters. The number of alkyl halides is 3. The van der Waals surface area contributed by atoms with Crippen LogP contribution in [0.15, 0.2) is 4.52 Å². The Morgan fingerprint density at radius 2 is 2.05 bits per heavy atom. The second-order valence-corrected chi connectivity index (χ2v) is 5.10. The molecule has 0 aromatic carbocycles. The summed E-state index contributed by atoms with van der Waals surface area (Å²) in [5.74, 6) is 1.20. The normalized spacial score (nSPS) is 18.6. The molecule has 20 heavy (non-hydrogen) atoms. The van der Waals surface area contributed by atoms with Crippen LogP contribution in [-0.4, -0.2) is 53.4 Å². The first kappa shape index (κ1) is 15.2. The summed E-state index contributed by atoms with van der Waals surface area (Å²) in [7, 11) is 0. The fraction of sp³-hybridized carbons (Fsp3) is 0.833. The van der Waals surface area contributed by atoms with Gasteiger partial charge in [0, 0.05) is 25.9 Å². The van der Waals surface area contributed by atoms with E-state index in [1.807, 2.05) is 0 Å². The number of aromatic nitrogens is 2. The molecule has 0 aliphatic carbocycles. The minimum Gasteiger partial charge on any atom is -0.340 e. The summed E-state index contributed by atoms with van der Waals surface area (Å²) < 4.78 is 41.6. The van der Waals surface area contributed by atoms with Gasteiger partial charge in [-0.05, 0) is 25.9 Å². The predicted molar refractivity (Wildman–Crippen MR) is 66.3 cm³/mol. The van der Waals surface area contributed by atoms with Gasteiger partial charge in [0.2, 0.25) is 5.89 Å². The van der Waals surface area contributed by atoms with E-state index in [9.17, 15) is 13.2 Å². The van der Waals surface area contributed by atoms with E-state index >= 15 is 0 Å². The van der Waals surface area contributed by atoms with Crippen molar-refractivity contribution in [3.05, 3.63) is 11.7 Å². The van der Waals surface area contributed by atoms with Crippen LogP contribution in [0.3, 0.4) is 0 Å². The SMILES string of the molecule is Cc1nc(CCNC2CCN(CC(F)(F)F)CC2)no1. The van der Waals surface area contributed by atoms with Gasteiger partial charge in [-0.2, -0.15) is 18.2 Å². The molecule has 2 rings (SSSR count). The van der Waals surface area contributed by atoms with Crippen LogP contribution < -0.4 is 5.32 Å². The number of likely N-dealkylation sites (tertiary alicyclic amines) is 1. The molecular weight excluding hydrogens is 273 g/mol. The van der Waals surface area contributed by atoms with Crippen molar-refractivity contribution in [2.75, 3.05) is 26.2 Å². The van der Waals surface area contributed by atoms with E-state index in [1.165, 1.54) is 4.90 Å². The summed E-state index contributed by atoms with van der Waals surface area (Å²) in [6, 6.07) is 0.271. The Labute approximate surface area is 115 Å². The molecule has 0 saturated carbocycles. The minimum absolute atomic E-state index is 0.271. The Balaban J connectivity index is 1.62. The lowest BCUT2D eigenvalue weighted by atomic mass is 10.0. The second kappa shape index (κ2) is 6.53. The van der Waals surface area contributed by atoms with Crippen LogP contribution in [0, 0.1) is 6.92 Å². The Morgan fingerprint density at radius 1 is 1.35 bits per heavy atom. The number of aryl methyl sites for hydroxylation is 1. The fourth-order valence-corrected chi connectivity index (χ4v) is 2.38. The summed E-state index contributed by atoms with van der Waals surface area (Å²) in [4.78, 5) is 5.55. The van der Waals surface area contributed by atoms with Crippen LogP contribution in [0.1, 0.15) is 24.6 Å². The lowest BCUT2D eigenvalue weighted by molar-refractivity contribution is -0.148. The van der Waals surface area contributed by atoms with Gasteiger partial charge in [-0.3, -0.25) is 4.90 Å². The summed E-state index contributed by atoms with van der Waals surface area (Å²) in [6.07, 6.45) is -1.96. The molecule has 0 spiro atoms. The first-order chi connectivity index (χ1) is 9.42. The van der Waals surface area contributed by atoms with Crippen molar-refractivity contribution in [2.24, 2.45) is 0 Å². The average Bonchev–Trinajstić information content (AvgIpc) is 2.75. The Morgan fingerprint density at radius 3 is 2.60 bits per heavy atom. The van der Waals surface area contributed by atoms with Crippen LogP contribution in [0.25, 0.3) is 0 Å². The highest BCUT2D eigenvalue weighted by Crippen LogP contribution is 2.19. The first-order valence-corrected chi connectivity index (χ1v) is 6.74. The lowest BCUT2D eigenvalue weighted by Crippen LogP contribution is -2.45. The molecule has 1 fully saturated rings. The molecule has 1 aliphatic heterocycles. The molecule has 1 saturated heterocycles. The number of rotatable bonds is 5. The van der Waals surface area contributed by atoms with Gasteiger partial charge < -0.3 is 9.84 Å². The highest BCUT2D eigenvalue weighted by Gasteiger charge is 2.32. The third-order valence-corrected chi connectivity index (χ3v) is 3.34. The summed E-state index contributed by atoms with van der Waals surface area (Å²) >= 11 is 0. The summed E-state index contributed by atoms with van der Waals surface area (Å²) in [5, 5.41) is 7.12. The van der Waals surface area contributed by atoms with Gasteiger partial charge in [0.15, 0.2) is 5.82 Å². The topological polar surface area (TPSA) is 54.2 Å². The van der Waals surface area contributed by atoms with E-state index in [0.29, 0.717) is 37.8 Å². The molecule has 0 radical (unpaired) electrons. The van der Waals surface area contributed by atoms with Crippen LogP contribution in [0.4, 0.5) is 13.2 Å². The zero-order valence-electron chi connectivity index (χ0n) is 11.4. The molecular formula is C12H19F3N4O. The standard InChI is InChI=1S/C12H19F3N4O/c1-9-17-11(18-20-9)2-5-16-10-3-6-19(7-4-10)8-12(13,14)15/h10,16H,2-8H2,1H3. The molecule has 5 nitrogen and oxygen atoms in total. The van der Waals surface area contributed by atoms with Crippen molar-refractivity contribution < 1.29 is 17.7 Å². The highest BCUT2D eigenvalue weighted by atomic mass is 19.4. The maximum Gasteiger partial charge on any atom is 0.401 e. The minimum atomic E-state index is -4.10. The molecule has 2 heterocycles. The number of hydrogen-bond donors (Lipinski definition) is 1. The number of hydrogen-bond acceptors (Lipinski definition) is 5. The van der Waals surface area contributed by atoms with Gasteiger partial charge in [0.1, 0.15) is 0 Å². The molecule has 0 bridgehead atoms. The quantitative estimate of drug-likeness (QED) is 0.892. The average molecular weight is 292 g/mol. The number of halogens is 3. The molecule has 0 atom stereocenters. The second-order valence-electron chi connectivity index (χ2n) is 5.10. The van der Waals surface area contributed by atoms with Crippen LogP contribution >= 0.6 is 0 Å². The van der Waals surface area contributed by atoms with E-state index in [1.54, 1.807) is 6.92 Å². The maximum absolute atomic E-state index is 12.2. The van der Waals surface area contributed by atoms with Crippen LogP contribution in [-0.2, 0) is 6.42 Å². The highest BCUT2D eigenvalue weighted by molar-refractivity contribution is 4.86. The third-order valence-electron chi connectivity index (χ3n) is 3.34. The maximum atomic E-state index is 12.2. The van der Waals surface area contributed by atoms with Crippen LogP contribution in [0.2, 0.25) is 0 Å².